The molecule has 1 N–H and O–H groups in total. The summed E-state index contributed by atoms with van der Waals surface area (Å²) in [6.45, 7) is 0.108. The maximum atomic E-state index is 12.2. The van der Waals surface area contributed by atoms with Gasteiger partial charge in [-0.3, -0.25) is 4.79 Å². The van der Waals surface area contributed by atoms with E-state index in [-0.39, 0.29) is 6.61 Å². The first-order valence-electron chi connectivity index (χ1n) is 9.38. The Hall–Kier alpha value is -3.65. The normalized spacial score (nSPS) is 14.8. The number of nitrogens with zero attached hydrogens (tertiary/aromatic N) is 1. The maximum Gasteiger partial charge on any atom is 0.343 e. The number of carbonyl (C=O) groups is 2. The van der Waals surface area contributed by atoms with E-state index in [1.807, 2.05) is 12.1 Å². The number of rotatable bonds is 5. The molecule has 4 rings (SSSR count). The molecule has 1 atom stereocenters. The summed E-state index contributed by atoms with van der Waals surface area (Å²) >= 11 is 3.33. The second-order valence-electron chi connectivity index (χ2n) is 6.57. The van der Waals surface area contributed by atoms with Crippen LogP contribution in [0, 0.1) is 0 Å². The van der Waals surface area contributed by atoms with Crippen molar-refractivity contribution in [3.63, 3.8) is 0 Å². The molecule has 3 aromatic rings. The number of hydrogen-bond donors (Lipinski definition) is 1. The molecular weight excluding hydrogens is 464 g/mol. The molecule has 1 amide bonds. The first kappa shape index (κ1) is 20.6. The fourth-order valence-corrected chi connectivity index (χ4v) is 3.19. The van der Waals surface area contributed by atoms with Gasteiger partial charge >= 0.3 is 5.97 Å². The molecule has 0 saturated carbocycles. The number of halogens is 1. The van der Waals surface area contributed by atoms with Crippen LogP contribution in [0.5, 0.6) is 17.2 Å². The highest BCUT2D eigenvalue weighted by Gasteiger charge is 2.26. The van der Waals surface area contributed by atoms with Gasteiger partial charge in [-0.15, -0.1) is 0 Å². The van der Waals surface area contributed by atoms with Crippen LogP contribution >= 0.6 is 15.9 Å². The van der Waals surface area contributed by atoms with Crippen molar-refractivity contribution in [1.29, 1.82) is 0 Å². The third-order valence-corrected chi connectivity index (χ3v) is 4.83. The molecule has 1 aliphatic rings. The number of fused-ring (bicyclic) bond motifs is 1. The van der Waals surface area contributed by atoms with E-state index in [9.17, 15) is 9.59 Å². The Morgan fingerprint density at radius 2 is 1.81 bits per heavy atom. The fourth-order valence-electron chi connectivity index (χ4n) is 2.79. The molecule has 8 heteroatoms. The molecule has 0 aromatic heterocycles. The summed E-state index contributed by atoms with van der Waals surface area (Å²) in [4.78, 5) is 24.4. The van der Waals surface area contributed by atoms with Crippen LogP contribution in [-0.2, 0) is 4.79 Å². The summed E-state index contributed by atoms with van der Waals surface area (Å²) in [6, 6.07) is 20.8. The first-order valence-corrected chi connectivity index (χ1v) is 10.2. The quantitative estimate of drug-likeness (QED) is 0.258. The van der Waals surface area contributed by atoms with Crippen LogP contribution < -0.4 is 19.6 Å². The predicted octanol–water partition coefficient (Wildman–Crippen LogP) is 3.96. The molecule has 0 aliphatic carbocycles. The molecule has 0 bridgehead atoms. The van der Waals surface area contributed by atoms with Crippen LogP contribution in [0.3, 0.4) is 0 Å². The SMILES string of the molecule is O=C(Oc1ccc(/C=N\NC(=O)[C@@H]2COc3ccccc3O2)cc1)c1cccc(Br)c1. The van der Waals surface area contributed by atoms with Crippen molar-refractivity contribution in [3.8, 4) is 17.2 Å². The maximum absolute atomic E-state index is 12.2. The van der Waals surface area contributed by atoms with Gasteiger partial charge in [0.2, 0.25) is 6.10 Å². The average Bonchev–Trinajstić information content (AvgIpc) is 2.80. The Labute approximate surface area is 186 Å². The van der Waals surface area contributed by atoms with Crippen molar-refractivity contribution >= 4 is 34.0 Å². The molecule has 156 valence electrons. The standard InChI is InChI=1S/C23H17BrN2O5/c24-17-5-3-4-16(12-17)23(28)30-18-10-8-15(9-11-18)13-25-26-22(27)21-14-29-19-6-1-2-7-20(19)31-21/h1-13,21H,14H2,(H,26,27)/b25-13-/t21-/m0/s1. The minimum atomic E-state index is -0.785. The minimum Gasteiger partial charge on any atom is -0.485 e. The molecule has 1 aliphatic heterocycles. The molecular formula is C23H17BrN2O5. The van der Waals surface area contributed by atoms with E-state index in [1.54, 1.807) is 60.7 Å². The number of para-hydroxylation sites is 2. The van der Waals surface area contributed by atoms with Crippen LogP contribution in [0.1, 0.15) is 15.9 Å². The lowest BCUT2D eigenvalue weighted by atomic mass is 10.2. The van der Waals surface area contributed by atoms with Crippen molar-refractivity contribution in [3.05, 3.63) is 88.4 Å². The van der Waals surface area contributed by atoms with E-state index in [0.717, 1.165) is 4.47 Å². The summed E-state index contributed by atoms with van der Waals surface area (Å²) in [6.07, 6.45) is 0.696. The zero-order valence-electron chi connectivity index (χ0n) is 16.2. The Morgan fingerprint density at radius 3 is 2.58 bits per heavy atom. The summed E-state index contributed by atoms with van der Waals surface area (Å²) in [5.41, 5.74) is 3.60. The van der Waals surface area contributed by atoms with Crippen molar-refractivity contribution in [2.24, 2.45) is 5.10 Å². The Kier molecular flexibility index (Phi) is 6.28. The van der Waals surface area contributed by atoms with E-state index in [4.69, 9.17) is 14.2 Å². The number of nitrogens with one attached hydrogen (secondary N) is 1. The van der Waals surface area contributed by atoms with Crippen LogP contribution in [0.25, 0.3) is 0 Å². The van der Waals surface area contributed by atoms with Crippen molar-refractivity contribution < 1.29 is 23.8 Å². The lowest BCUT2D eigenvalue weighted by molar-refractivity contribution is -0.130. The van der Waals surface area contributed by atoms with Gasteiger partial charge in [-0.2, -0.15) is 5.10 Å². The third-order valence-electron chi connectivity index (χ3n) is 4.34. The average molecular weight is 481 g/mol. The van der Waals surface area contributed by atoms with E-state index < -0.39 is 18.0 Å². The van der Waals surface area contributed by atoms with E-state index in [2.05, 4.69) is 26.5 Å². The Bertz CT molecular complexity index is 1130. The molecule has 31 heavy (non-hydrogen) atoms. The monoisotopic (exact) mass is 480 g/mol. The van der Waals surface area contributed by atoms with Gasteiger partial charge in [0.25, 0.3) is 5.91 Å². The molecule has 0 spiro atoms. The van der Waals surface area contributed by atoms with Gasteiger partial charge in [-0.05, 0) is 60.2 Å². The zero-order chi connectivity index (χ0) is 21.6. The highest BCUT2D eigenvalue weighted by atomic mass is 79.9. The zero-order valence-corrected chi connectivity index (χ0v) is 17.7. The number of amides is 1. The number of benzene rings is 3. The van der Waals surface area contributed by atoms with Crippen LogP contribution in [-0.4, -0.2) is 30.8 Å². The van der Waals surface area contributed by atoms with E-state index in [1.165, 1.54) is 6.21 Å². The summed E-state index contributed by atoms with van der Waals surface area (Å²) in [7, 11) is 0. The number of carbonyl (C=O) groups excluding carboxylic acids is 2. The fraction of sp³-hybridized carbons (Fsp3) is 0.0870. The van der Waals surface area contributed by atoms with Gasteiger partial charge in [0.1, 0.15) is 12.4 Å². The van der Waals surface area contributed by atoms with Gasteiger partial charge in [-0.1, -0.05) is 34.1 Å². The number of ether oxygens (including phenoxy) is 3. The lowest BCUT2D eigenvalue weighted by Crippen LogP contribution is -2.42. The van der Waals surface area contributed by atoms with Gasteiger partial charge < -0.3 is 14.2 Å². The second kappa shape index (κ2) is 9.44. The van der Waals surface area contributed by atoms with Gasteiger partial charge in [0.15, 0.2) is 11.5 Å². The summed E-state index contributed by atoms with van der Waals surface area (Å²) < 4.78 is 17.3. The molecule has 7 nitrogen and oxygen atoms in total. The highest BCUT2D eigenvalue weighted by Crippen LogP contribution is 2.30. The number of hydrogen-bond acceptors (Lipinski definition) is 6. The Balaban J connectivity index is 1.30. The minimum absolute atomic E-state index is 0.108. The second-order valence-corrected chi connectivity index (χ2v) is 7.48. The molecule has 0 fully saturated rings. The van der Waals surface area contributed by atoms with Crippen LogP contribution in [0.2, 0.25) is 0 Å². The van der Waals surface area contributed by atoms with Crippen LogP contribution in [0.4, 0.5) is 0 Å². The molecule has 0 radical (unpaired) electrons. The van der Waals surface area contributed by atoms with E-state index in [0.29, 0.717) is 28.4 Å². The smallest absolute Gasteiger partial charge is 0.343 e. The number of esters is 1. The molecule has 0 unspecified atom stereocenters. The topological polar surface area (TPSA) is 86.2 Å². The summed E-state index contributed by atoms with van der Waals surface area (Å²) in [5.74, 6) is 0.663. The largest absolute Gasteiger partial charge is 0.485 e. The molecule has 1 heterocycles. The van der Waals surface area contributed by atoms with Gasteiger partial charge in [0, 0.05) is 4.47 Å². The first-order chi connectivity index (χ1) is 15.1. The summed E-state index contributed by atoms with van der Waals surface area (Å²) in [5, 5.41) is 3.95. The Morgan fingerprint density at radius 1 is 1.03 bits per heavy atom. The molecule has 3 aromatic carbocycles. The van der Waals surface area contributed by atoms with Crippen molar-refractivity contribution in [1.82, 2.24) is 5.43 Å². The highest BCUT2D eigenvalue weighted by molar-refractivity contribution is 9.10. The third kappa shape index (κ3) is 5.29. The molecule has 0 saturated heterocycles. The van der Waals surface area contributed by atoms with Crippen molar-refractivity contribution in [2.45, 2.75) is 6.10 Å². The van der Waals surface area contributed by atoms with E-state index >= 15 is 0 Å². The number of hydrazone groups is 1. The lowest BCUT2D eigenvalue weighted by Gasteiger charge is -2.24. The predicted molar refractivity (Wildman–Crippen MR) is 118 cm³/mol. The van der Waals surface area contributed by atoms with Crippen molar-refractivity contribution in [2.75, 3.05) is 6.61 Å². The van der Waals surface area contributed by atoms with Gasteiger partial charge in [-0.25, -0.2) is 10.2 Å². The van der Waals surface area contributed by atoms with Crippen LogP contribution in [0.15, 0.2) is 82.4 Å². The van der Waals surface area contributed by atoms with Gasteiger partial charge in [0.05, 0.1) is 11.8 Å².